The topological polar surface area (TPSA) is 108 Å². The number of hydrogen-bond acceptors (Lipinski definition) is 3. The maximum Gasteiger partial charge on any atom is 0.268 e. The summed E-state index contributed by atoms with van der Waals surface area (Å²) in [4.78, 5) is 26.5. The second-order valence-corrected chi connectivity index (χ2v) is 5.96. The third-order valence-electron chi connectivity index (χ3n) is 4.05. The lowest BCUT2D eigenvalue weighted by atomic mass is 9.98. The molecule has 0 spiro atoms. The Morgan fingerprint density at radius 3 is 2.38 bits per heavy atom. The third-order valence-corrected chi connectivity index (χ3v) is 4.05. The summed E-state index contributed by atoms with van der Waals surface area (Å²) in [5.41, 5.74) is 7.48. The van der Waals surface area contributed by atoms with Crippen molar-refractivity contribution >= 4 is 11.8 Å². The van der Waals surface area contributed by atoms with E-state index in [0.717, 1.165) is 11.1 Å². The summed E-state index contributed by atoms with van der Waals surface area (Å²) in [6.45, 7) is 0. The first-order chi connectivity index (χ1) is 12.5. The van der Waals surface area contributed by atoms with E-state index in [1.807, 2.05) is 36.4 Å². The number of carbonyl (C=O) groups excluding carboxylic acids is 2. The van der Waals surface area contributed by atoms with Gasteiger partial charge < -0.3 is 21.1 Å². The van der Waals surface area contributed by atoms with Gasteiger partial charge in [-0.2, -0.15) is 0 Å². The zero-order valence-corrected chi connectivity index (χ0v) is 14.0. The zero-order valence-electron chi connectivity index (χ0n) is 14.0. The van der Waals surface area contributed by atoms with Crippen LogP contribution in [0.4, 0.5) is 0 Å². The number of benzene rings is 2. The van der Waals surface area contributed by atoms with Crippen molar-refractivity contribution in [2.45, 2.75) is 12.5 Å². The molecule has 6 nitrogen and oxygen atoms in total. The summed E-state index contributed by atoms with van der Waals surface area (Å²) >= 11 is 0. The van der Waals surface area contributed by atoms with E-state index >= 15 is 0 Å². The van der Waals surface area contributed by atoms with Gasteiger partial charge in [-0.1, -0.05) is 42.5 Å². The maximum atomic E-state index is 12.6. The van der Waals surface area contributed by atoms with Gasteiger partial charge in [-0.25, -0.2) is 0 Å². The summed E-state index contributed by atoms with van der Waals surface area (Å²) < 4.78 is 0. The first kappa shape index (κ1) is 17.3. The fourth-order valence-corrected chi connectivity index (χ4v) is 2.76. The number of primary amides is 1. The molecule has 0 aliphatic rings. The summed E-state index contributed by atoms with van der Waals surface area (Å²) in [6, 6.07) is 19.2. The second kappa shape index (κ2) is 7.57. The number of aromatic hydroxyl groups is 1. The molecule has 1 unspecified atom stereocenters. The van der Waals surface area contributed by atoms with E-state index in [9.17, 15) is 14.7 Å². The molecule has 0 aliphatic heterocycles. The quantitative estimate of drug-likeness (QED) is 0.549. The van der Waals surface area contributed by atoms with Crippen LogP contribution >= 0.6 is 0 Å². The van der Waals surface area contributed by atoms with Gasteiger partial charge >= 0.3 is 0 Å². The van der Waals surface area contributed by atoms with Crippen LogP contribution in [-0.4, -0.2) is 21.9 Å². The van der Waals surface area contributed by atoms with Gasteiger partial charge in [-0.15, -0.1) is 0 Å². The Balaban J connectivity index is 1.83. The normalized spacial score (nSPS) is 11.7. The average molecular weight is 349 g/mol. The number of amides is 2. The van der Waals surface area contributed by atoms with E-state index in [1.54, 1.807) is 18.2 Å². The maximum absolute atomic E-state index is 12.6. The Kier molecular flexibility index (Phi) is 5.03. The number of H-pyrrole nitrogens is 1. The highest BCUT2D eigenvalue weighted by Gasteiger charge is 2.18. The zero-order chi connectivity index (χ0) is 18.5. The molecule has 3 rings (SSSR count). The standard InChI is InChI=1S/C20H19N3O3/c21-19(25)16-9-10-17(22-16)20(26)23-18(14-6-2-1-3-7-14)12-13-5-4-8-15(24)11-13/h1-11,18,22,24H,12H2,(H2,21,25)(H,23,26). The van der Waals surface area contributed by atoms with E-state index in [4.69, 9.17) is 5.73 Å². The van der Waals surface area contributed by atoms with Gasteiger partial charge in [-0.3, -0.25) is 9.59 Å². The molecule has 6 heteroatoms. The molecule has 1 aromatic heterocycles. The lowest BCUT2D eigenvalue weighted by Gasteiger charge is -2.19. The molecule has 0 saturated carbocycles. The monoisotopic (exact) mass is 349 g/mol. The molecule has 0 bridgehead atoms. The van der Waals surface area contributed by atoms with E-state index in [2.05, 4.69) is 10.3 Å². The molecule has 1 heterocycles. The molecule has 3 aromatic rings. The fourth-order valence-electron chi connectivity index (χ4n) is 2.76. The molecular weight excluding hydrogens is 330 g/mol. The molecule has 0 saturated heterocycles. The SMILES string of the molecule is NC(=O)c1ccc(C(=O)NC(Cc2cccc(O)c2)c2ccccc2)[nH]1. The molecule has 26 heavy (non-hydrogen) atoms. The average Bonchev–Trinajstić information content (AvgIpc) is 3.12. The van der Waals surface area contributed by atoms with E-state index in [1.165, 1.54) is 12.1 Å². The number of nitrogens with two attached hydrogens (primary N) is 1. The first-order valence-electron chi connectivity index (χ1n) is 8.15. The third kappa shape index (κ3) is 4.10. The van der Waals surface area contributed by atoms with Gasteiger partial charge in [0.1, 0.15) is 17.1 Å². The van der Waals surface area contributed by atoms with Crippen molar-refractivity contribution in [3.05, 3.63) is 89.2 Å². The molecule has 1 atom stereocenters. The van der Waals surface area contributed by atoms with Crippen LogP contribution in [-0.2, 0) is 6.42 Å². The number of phenolic OH excluding ortho intramolecular Hbond substituents is 1. The molecule has 0 aliphatic carbocycles. The van der Waals surface area contributed by atoms with Crippen molar-refractivity contribution in [2.24, 2.45) is 5.73 Å². The summed E-state index contributed by atoms with van der Waals surface area (Å²) in [5.74, 6) is -0.786. The van der Waals surface area contributed by atoms with Crippen molar-refractivity contribution in [2.75, 3.05) is 0 Å². The molecule has 0 fully saturated rings. The molecular formula is C20H19N3O3. The highest BCUT2D eigenvalue weighted by Crippen LogP contribution is 2.21. The molecule has 132 valence electrons. The van der Waals surface area contributed by atoms with E-state index < -0.39 is 5.91 Å². The number of rotatable bonds is 6. The highest BCUT2D eigenvalue weighted by atomic mass is 16.3. The van der Waals surface area contributed by atoms with Crippen LogP contribution in [0.2, 0.25) is 0 Å². The number of carbonyl (C=O) groups is 2. The van der Waals surface area contributed by atoms with Gasteiger partial charge in [0.2, 0.25) is 0 Å². The van der Waals surface area contributed by atoms with Crippen molar-refractivity contribution in [1.82, 2.24) is 10.3 Å². The van der Waals surface area contributed by atoms with Crippen LogP contribution in [0.25, 0.3) is 0 Å². The van der Waals surface area contributed by atoms with Crippen molar-refractivity contribution in [1.29, 1.82) is 0 Å². The first-order valence-corrected chi connectivity index (χ1v) is 8.15. The molecule has 2 amide bonds. The van der Waals surface area contributed by atoms with Crippen LogP contribution in [0.1, 0.15) is 38.1 Å². The summed E-state index contributed by atoms with van der Waals surface area (Å²) in [6.07, 6.45) is 0.507. The lowest BCUT2D eigenvalue weighted by Crippen LogP contribution is -2.30. The van der Waals surface area contributed by atoms with Crippen LogP contribution in [0.15, 0.2) is 66.7 Å². The molecule has 2 aromatic carbocycles. The minimum atomic E-state index is -0.622. The summed E-state index contributed by atoms with van der Waals surface area (Å²) in [7, 11) is 0. The molecule has 0 radical (unpaired) electrons. The number of hydrogen-bond donors (Lipinski definition) is 4. The van der Waals surface area contributed by atoms with Crippen LogP contribution in [0.3, 0.4) is 0 Å². The Labute approximate surface area is 150 Å². The number of aromatic nitrogens is 1. The van der Waals surface area contributed by atoms with Crippen LogP contribution in [0.5, 0.6) is 5.75 Å². The Bertz CT molecular complexity index is 919. The van der Waals surface area contributed by atoms with Crippen molar-refractivity contribution in [3.8, 4) is 5.75 Å². The minimum absolute atomic E-state index is 0.177. The number of phenols is 1. The Morgan fingerprint density at radius 2 is 1.73 bits per heavy atom. The van der Waals surface area contributed by atoms with E-state index in [0.29, 0.717) is 6.42 Å². The minimum Gasteiger partial charge on any atom is -0.508 e. The van der Waals surface area contributed by atoms with Gasteiger partial charge in [0.05, 0.1) is 6.04 Å². The van der Waals surface area contributed by atoms with Gasteiger partial charge in [-0.05, 0) is 41.8 Å². The fraction of sp³-hybridized carbons (Fsp3) is 0.100. The second-order valence-electron chi connectivity index (χ2n) is 5.96. The Morgan fingerprint density at radius 1 is 1.00 bits per heavy atom. The predicted molar refractivity (Wildman–Crippen MR) is 97.8 cm³/mol. The van der Waals surface area contributed by atoms with Crippen molar-refractivity contribution in [3.63, 3.8) is 0 Å². The molecule has 5 N–H and O–H groups in total. The van der Waals surface area contributed by atoms with E-state index in [-0.39, 0.29) is 29.1 Å². The van der Waals surface area contributed by atoms with Gasteiger partial charge in [0.25, 0.3) is 11.8 Å². The number of nitrogens with one attached hydrogen (secondary N) is 2. The smallest absolute Gasteiger partial charge is 0.268 e. The highest BCUT2D eigenvalue weighted by molar-refractivity contribution is 5.96. The van der Waals surface area contributed by atoms with Gasteiger partial charge in [0.15, 0.2) is 0 Å². The Hall–Kier alpha value is -3.54. The largest absolute Gasteiger partial charge is 0.508 e. The predicted octanol–water partition coefficient (Wildman–Crippen LogP) is 2.53. The van der Waals surface area contributed by atoms with Crippen LogP contribution < -0.4 is 11.1 Å². The lowest BCUT2D eigenvalue weighted by molar-refractivity contribution is 0.0932. The van der Waals surface area contributed by atoms with Gasteiger partial charge in [0, 0.05) is 0 Å². The number of aromatic amines is 1. The summed E-state index contributed by atoms with van der Waals surface area (Å²) in [5, 5.41) is 12.6. The van der Waals surface area contributed by atoms with Crippen LogP contribution in [0, 0.1) is 0 Å². The van der Waals surface area contributed by atoms with Crippen molar-refractivity contribution < 1.29 is 14.7 Å².